The van der Waals surface area contributed by atoms with Crippen molar-refractivity contribution in [1.82, 2.24) is 0 Å². The summed E-state index contributed by atoms with van der Waals surface area (Å²) in [5.74, 6) is 0.524. The zero-order chi connectivity index (χ0) is 15.4. The fraction of sp³-hybridized carbons (Fsp3) is 0.188. The number of hydrogen-bond donors (Lipinski definition) is 2. The first-order valence-corrected chi connectivity index (χ1v) is 6.61. The van der Waals surface area contributed by atoms with Crippen molar-refractivity contribution in [3.8, 4) is 11.5 Å². The maximum absolute atomic E-state index is 12.5. The molecule has 0 saturated heterocycles. The van der Waals surface area contributed by atoms with Crippen LogP contribution in [-0.2, 0) is 0 Å². The molecule has 0 aliphatic carbocycles. The number of ether oxygens (including phenoxy) is 1. The highest BCUT2D eigenvalue weighted by Crippen LogP contribution is 2.23. The van der Waals surface area contributed by atoms with E-state index in [-0.39, 0.29) is 11.7 Å². The highest BCUT2D eigenvalue weighted by molar-refractivity contribution is 6.06. The second kappa shape index (κ2) is 6.17. The van der Waals surface area contributed by atoms with Gasteiger partial charge in [-0.2, -0.15) is 0 Å². The summed E-state index contributed by atoms with van der Waals surface area (Å²) in [6.45, 7) is 2.37. The first-order valence-electron chi connectivity index (χ1n) is 6.61. The van der Waals surface area contributed by atoms with Crippen LogP contribution in [-0.4, -0.2) is 24.7 Å². The van der Waals surface area contributed by atoms with Crippen LogP contribution in [0.3, 0.4) is 0 Å². The number of nitrogens with zero attached hydrogens (tertiary/aromatic N) is 1. The molecule has 5 heteroatoms. The summed E-state index contributed by atoms with van der Waals surface area (Å²) in [5, 5.41) is 9.29. The molecule has 3 N–H and O–H groups in total. The number of phenols is 1. The van der Waals surface area contributed by atoms with E-state index in [2.05, 4.69) is 0 Å². The first-order chi connectivity index (χ1) is 10.0. The Morgan fingerprint density at radius 1 is 1.24 bits per heavy atom. The fourth-order valence-corrected chi connectivity index (χ4v) is 1.98. The summed E-state index contributed by atoms with van der Waals surface area (Å²) in [4.78, 5) is 14.0. The van der Waals surface area contributed by atoms with Gasteiger partial charge in [0.2, 0.25) is 0 Å². The standard InChI is InChI=1S/C16H18N2O3/c1-3-21-15-9-11(8-12(17)10-15)16(20)18(2)13-4-6-14(19)7-5-13/h4-10,19H,3,17H2,1-2H3. The minimum absolute atomic E-state index is 0.155. The van der Waals surface area contributed by atoms with Gasteiger partial charge in [-0.05, 0) is 43.3 Å². The molecule has 0 heterocycles. The molecule has 2 aromatic carbocycles. The molecule has 0 fully saturated rings. The summed E-state index contributed by atoms with van der Waals surface area (Å²) in [7, 11) is 1.66. The van der Waals surface area contributed by atoms with Gasteiger partial charge in [0.1, 0.15) is 11.5 Å². The molecule has 0 bridgehead atoms. The van der Waals surface area contributed by atoms with Gasteiger partial charge < -0.3 is 20.5 Å². The minimum Gasteiger partial charge on any atom is -0.508 e. The number of carbonyl (C=O) groups is 1. The number of nitrogen functional groups attached to an aromatic ring is 1. The van der Waals surface area contributed by atoms with E-state index in [1.54, 1.807) is 37.4 Å². The van der Waals surface area contributed by atoms with Gasteiger partial charge in [-0.15, -0.1) is 0 Å². The van der Waals surface area contributed by atoms with E-state index in [1.165, 1.54) is 17.0 Å². The van der Waals surface area contributed by atoms with Crippen LogP contribution in [0.15, 0.2) is 42.5 Å². The molecule has 2 rings (SSSR count). The molecule has 5 nitrogen and oxygen atoms in total. The van der Waals surface area contributed by atoms with Crippen molar-refractivity contribution in [3.63, 3.8) is 0 Å². The molecular weight excluding hydrogens is 268 g/mol. The van der Waals surface area contributed by atoms with Gasteiger partial charge in [-0.3, -0.25) is 4.79 Å². The summed E-state index contributed by atoms with van der Waals surface area (Å²) >= 11 is 0. The van der Waals surface area contributed by atoms with E-state index in [1.807, 2.05) is 6.92 Å². The molecule has 0 unspecified atom stereocenters. The predicted octanol–water partition coefficient (Wildman–Crippen LogP) is 2.65. The Kier molecular flexibility index (Phi) is 4.33. The van der Waals surface area contributed by atoms with Crippen molar-refractivity contribution < 1.29 is 14.6 Å². The highest BCUT2D eigenvalue weighted by Gasteiger charge is 2.15. The molecule has 0 aliphatic heterocycles. The lowest BCUT2D eigenvalue weighted by Gasteiger charge is -2.18. The van der Waals surface area contributed by atoms with E-state index in [0.717, 1.165) is 0 Å². The number of amides is 1. The van der Waals surface area contributed by atoms with Gasteiger partial charge in [0.05, 0.1) is 6.61 Å². The van der Waals surface area contributed by atoms with Crippen LogP contribution in [0, 0.1) is 0 Å². The zero-order valence-corrected chi connectivity index (χ0v) is 12.0. The van der Waals surface area contributed by atoms with Crippen molar-refractivity contribution in [2.24, 2.45) is 0 Å². The molecule has 0 atom stereocenters. The van der Waals surface area contributed by atoms with Crippen molar-refractivity contribution >= 4 is 17.3 Å². The van der Waals surface area contributed by atoms with Gasteiger partial charge in [0.15, 0.2) is 0 Å². The quantitative estimate of drug-likeness (QED) is 0.847. The Morgan fingerprint density at radius 2 is 1.90 bits per heavy atom. The third-order valence-corrected chi connectivity index (χ3v) is 3.03. The predicted molar refractivity (Wildman–Crippen MR) is 82.9 cm³/mol. The molecule has 1 amide bonds. The third-order valence-electron chi connectivity index (χ3n) is 3.03. The summed E-state index contributed by atoms with van der Waals surface area (Å²) in [6, 6.07) is 11.4. The van der Waals surface area contributed by atoms with E-state index in [9.17, 15) is 9.90 Å². The second-order valence-corrected chi connectivity index (χ2v) is 4.60. The van der Waals surface area contributed by atoms with Crippen LogP contribution in [0.2, 0.25) is 0 Å². The van der Waals surface area contributed by atoms with E-state index in [4.69, 9.17) is 10.5 Å². The number of benzene rings is 2. The fourth-order valence-electron chi connectivity index (χ4n) is 1.98. The zero-order valence-electron chi connectivity index (χ0n) is 12.0. The van der Waals surface area contributed by atoms with E-state index in [0.29, 0.717) is 29.3 Å². The molecular formula is C16H18N2O3. The van der Waals surface area contributed by atoms with Crippen LogP contribution in [0.5, 0.6) is 11.5 Å². The van der Waals surface area contributed by atoms with Gasteiger partial charge in [-0.1, -0.05) is 0 Å². The number of rotatable bonds is 4. The number of hydrogen-bond acceptors (Lipinski definition) is 4. The van der Waals surface area contributed by atoms with Gasteiger partial charge >= 0.3 is 0 Å². The highest BCUT2D eigenvalue weighted by atomic mass is 16.5. The van der Waals surface area contributed by atoms with Crippen LogP contribution in [0.25, 0.3) is 0 Å². The lowest BCUT2D eigenvalue weighted by atomic mass is 10.1. The van der Waals surface area contributed by atoms with E-state index >= 15 is 0 Å². The summed E-state index contributed by atoms with van der Waals surface area (Å²) in [5.41, 5.74) is 7.41. The van der Waals surface area contributed by atoms with Gasteiger partial charge in [0, 0.05) is 30.1 Å². The maximum atomic E-state index is 12.5. The molecule has 2 aromatic rings. The van der Waals surface area contributed by atoms with Crippen molar-refractivity contribution in [2.45, 2.75) is 6.92 Å². The first kappa shape index (κ1) is 14.7. The van der Waals surface area contributed by atoms with Gasteiger partial charge in [0.25, 0.3) is 5.91 Å². The minimum atomic E-state index is -0.200. The number of nitrogens with two attached hydrogens (primary N) is 1. The molecule has 0 radical (unpaired) electrons. The van der Waals surface area contributed by atoms with Crippen molar-refractivity contribution in [1.29, 1.82) is 0 Å². The average molecular weight is 286 g/mol. The summed E-state index contributed by atoms with van der Waals surface area (Å²) in [6.07, 6.45) is 0. The Bertz CT molecular complexity index is 638. The number of aromatic hydroxyl groups is 1. The lowest BCUT2D eigenvalue weighted by Crippen LogP contribution is -2.26. The molecule has 0 aromatic heterocycles. The maximum Gasteiger partial charge on any atom is 0.258 e. The van der Waals surface area contributed by atoms with Crippen LogP contribution in [0.4, 0.5) is 11.4 Å². The van der Waals surface area contributed by atoms with Crippen molar-refractivity contribution in [2.75, 3.05) is 24.3 Å². The number of anilines is 2. The molecule has 21 heavy (non-hydrogen) atoms. The normalized spacial score (nSPS) is 10.2. The number of phenolic OH excluding ortho intramolecular Hbond substituents is 1. The molecule has 110 valence electrons. The molecule has 0 aliphatic rings. The van der Waals surface area contributed by atoms with Crippen LogP contribution < -0.4 is 15.4 Å². The smallest absolute Gasteiger partial charge is 0.258 e. The second-order valence-electron chi connectivity index (χ2n) is 4.60. The number of carbonyl (C=O) groups excluding carboxylic acids is 1. The monoisotopic (exact) mass is 286 g/mol. The van der Waals surface area contributed by atoms with Gasteiger partial charge in [-0.25, -0.2) is 0 Å². The Morgan fingerprint density at radius 3 is 2.52 bits per heavy atom. The molecule has 0 spiro atoms. The SMILES string of the molecule is CCOc1cc(N)cc(C(=O)N(C)c2ccc(O)cc2)c1. The Balaban J connectivity index is 2.28. The third kappa shape index (κ3) is 3.45. The summed E-state index contributed by atoms with van der Waals surface area (Å²) < 4.78 is 5.39. The van der Waals surface area contributed by atoms with Crippen LogP contribution >= 0.6 is 0 Å². The van der Waals surface area contributed by atoms with Crippen molar-refractivity contribution in [3.05, 3.63) is 48.0 Å². The topological polar surface area (TPSA) is 75.8 Å². The Labute approximate surface area is 123 Å². The average Bonchev–Trinajstić information content (AvgIpc) is 2.46. The van der Waals surface area contributed by atoms with Crippen LogP contribution in [0.1, 0.15) is 17.3 Å². The Hall–Kier alpha value is -2.69. The van der Waals surface area contributed by atoms with E-state index < -0.39 is 0 Å². The largest absolute Gasteiger partial charge is 0.508 e. The molecule has 0 saturated carbocycles. The lowest BCUT2D eigenvalue weighted by molar-refractivity contribution is 0.0992.